The number of hydrogen-bond acceptors (Lipinski definition) is 5. The first-order valence-corrected chi connectivity index (χ1v) is 11.0. The summed E-state index contributed by atoms with van der Waals surface area (Å²) in [7, 11) is 3.53. The number of hydrogen-bond donors (Lipinski definition) is 2. The summed E-state index contributed by atoms with van der Waals surface area (Å²) in [6.07, 6.45) is -5.40. The van der Waals surface area contributed by atoms with Crippen LogP contribution in [0.3, 0.4) is 0 Å². The Morgan fingerprint density at radius 3 is 2.44 bits per heavy atom. The van der Waals surface area contributed by atoms with Crippen LogP contribution < -0.4 is 11.1 Å². The molecule has 0 saturated carbocycles. The fourth-order valence-corrected chi connectivity index (χ4v) is 3.88. The standard InChI is InChI=1S/C22H26F6N6O2/c1-32(2)4-3-30-20(36)19-17-11-33(5-6-34(17)21(31-19)22(26,27)28)18(35)9-13(29)7-12-8-15(24)16(25)10-14(12)23/h8,10,13H,3-7,9,11,29H2,1-2H3,(H,30,36)/t13-/m1/s1. The Hall–Kier alpha value is -3.13. The number of nitrogens with two attached hydrogens (primary N) is 1. The Kier molecular flexibility index (Phi) is 8.29. The molecule has 14 heteroatoms. The fourth-order valence-electron chi connectivity index (χ4n) is 3.88. The van der Waals surface area contributed by atoms with Gasteiger partial charge in [0.2, 0.25) is 11.7 Å². The summed E-state index contributed by atoms with van der Waals surface area (Å²) in [5, 5.41) is 2.52. The normalized spacial score (nSPS) is 14.7. The molecule has 1 aliphatic heterocycles. The lowest BCUT2D eigenvalue weighted by molar-refractivity contribution is -0.148. The van der Waals surface area contributed by atoms with Crippen molar-refractivity contribution >= 4 is 11.8 Å². The molecular weight excluding hydrogens is 494 g/mol. The van der Waals surface area contributed by atoms with Crippen molar-refractivity contribution in [3.63, 3.8) is 0 Å². The predicted molar refractivity (Wildman–Crippen MR) is 116 cm³/mol. The molecule has 198 valence electrons. The van der Waals surface area contributed by atoms with E-state index in [2.05, 4.69) is 10.3 Å². The zero-order chi connectivity index (χ0) is 26.8. The van der Waals surface area contributed by atoms with Crippen molar-refractivity contribution in [3.8, 4) is 0 Å². The number of imidazole rings is 1. The number of halogens is 6. The van der Waals surface area contributed by atoms with Crippen LogP contribution in [-0.4, -0.2) is 70.9 Å². The number of amides is 2. The van der Waals surface area contributed by atoms with Gasteiger partial charge in [-0.1, -0.05) is 0 Å². The van der Waals surface area contributed by atoms with Crippen molar-refractivity contribution in [2.75, 3.05) is 33.7 Å². The van der Waals surface area contributed by atoms with Crippen molar-refractivity contribution in [1.82, 2.24) is 24.7 Å². The molecule has 0 saturated heterocycles. The van der Waals surface area contributed by atoms with E-state index in [9.17, 15) is 35.9 Å². The van der Waals surface area contributed by atoms with Crippen LogP contribution >= 0.6 is 0 Å². The number of alkyl halides is 3. The van der Waals surface area contributed by atoms with Crippen molar-refractivity contribution in [1.29, 1.82) is 0 Å². The Morgan fingerprint density at radius 1 is 1.14 bits per heavy atom. The summed E-state index contributed by atoms with van der Waals surface area (Å²) >= 11 is 0. The molecule has 2 heterocycles. The summed E-state index contributed by atoms with van der Waals surface area (Å²) in [5.74, 6) is -6.20. The third-order valence-corrected chi connectivity index (χ3v) is 5.68. The number of rotatable bonds is 8. The first kappa shape index (κ1) is 27.5. The number of carbonyl (C=O) groups excluding carboxylic acids is 2. The van der Waals surface area contributed by atoms with Gasteiger partial charge in [0.1, 0.15) is 5.82 Å². The number of carbonyl (C=O) groups is 2. The quantitative estimate of drug-likeness (QED) is 0.410. The first-order valence-electron chi connectivity index (χ1n) is 11.0. The largest absolute Gasteiger partial charge is 0.449 e. The van der Waals surface area contributed by atoms with Crippen LogP contribution in [0, 0.1) is 17.5 Å². The van der Waals surface area contributed by atoms with Gasteiger partial charge in [-0.2, -0.15) is 13.2 Å². The minimum Gasteiger partial charge on any atom is -0.349 e. The Morgan fingerprint density at radius 2 is 1.81 bits per heavy atom. The second-order valence-electron chi connectivity index (χ2n) is 8.78. The lowest BCUT2D eigenvalue weighted by atomic mass is 10.0. The van der Waals surface area contributed by atoms with E-state index in [-0.39, 0.29) is 50.3 Å². The highest BCUT2D eigenvalue weighted by Gasteiger charge is 2.41. The summed E-state index contributed by atoms with van der Waals surface area (Å²) in [6, 6.07) is 0.0751. The van der Waals surface area contributed by atoms with Crippen molar-refractivity contribution in [3.05, 3.63) is 52.4 Å². The van der Waals surface area contributed by atoms with Crippen LogP contribution in [0.1, 0.15) is 34.0 Å². The molecule has 0 aliphatic carbocycles. The predicted octanol–water partition coefficient (Wildman–Crippen LogP) is 1.91. The van der Waals surface area contributed by atoms with Gasteiger partial charge >= 0.3 is 6.18 Å². The molecule has 3 rings (SSSR count). The number of aromatic nitrogens is 2. The van der Waals surface area contributed by atoms with E-state index in [1.54, 1.807) is 19.0 Å². The number of likely N-dealkylation sites (N-methyl/N-ethyl adjacent to an activating group) is 1. The SMILES string of the molecule is CN(C)CCNC(=O)c1nc(C(F)(F)F)n2c1CN(C(=O)C[C@H](N)Cc1cc(F)c(F)cc1F)CC2. The molecule has 0 bridgehead atoms. The zero-order valence-corrected chi connectivity index (χ0v) is 19.6. The lowest BCUT2D eigenvalue weighted by Crippen LogP contribution is -2.42. The molecule has 36 heavy (non-hydrogen) atoms. The minimum absolute atomic E-state index is 0.0653. The van der Waals surface area contributed by atoms with E-state index in [0.717, 1.165) is 4.57 Å². The van der Waals surface area contributed by atoms with Crippen molar-refractivity contribution in [2.45, 2.75) is 38.1 Å². The molecule has 1 aliphatic rings. The average Bonchev–Trinajstić information content (AvgIpc) is 3.16. The molecule has 2 aromatic rings. The van der Waals surface area contributed by atoms with Crippen LogP contribution in [0.5, 0.6) is 0 Å². The van der Waals surface area contributed by atoms with Gasteiger partial charge in [-0.3, -0.25) is 9.59 Å². The van der Waals surface area contributed by atoms with Gasteiger partial charge in [-0.15, -0.1) is 0 Å². The third-order valence-electron chi connectivity index (χ3n) is 5.68. The maximum atomic E-state index is 13.9. The van der Waals surface area contributed by atoms with Gasteiger partial charge < -0.3 is 25.4 Å². The van der Waals surface area contributed by atoms with Gasteiger partial charge in [0.25, 0.3) is 5.91 Å². The highest BCUT2D eigenvalue weighted by molar-refractivity contribution is 5.93. The van der Waals surface area contributed by atoms with Crippen LogP contribution in [0.15, 0.2) is 12.1 Å². The van der Waals surface area contributed by atoms with Gasteiger partial charge in [0, 0.05) is 44.7 Å². The van der Waals surface area contributed by atoms with Crippen LogP contribution in [0.2, 0.25) is 0 Å². The van der Waals surface area contributed by atoms with Gasteiger partial charge in [0.05, 0.1) is 12.2 Å². The molecule has 0 radical (unpaired) electrons. The van der Waals surface area contributed by atoms with Crippen LogP contribution in [0.4, 0.5) is 26.3 Å². The van der Waals surface area contributed by atoms with E-state index in [1.807, 2.05) is 0 Å². The van der Waals surface area contributed by atoms with Gasteiger partial charge in [-0.25, -0.2) is 18.2 Å². The molecule has 0 fully saturated rings. The smallest absolute Gasteiger partial charge is 0.349 e. The molecule has 1 aromatic carbocycles. The second-order valence-corrected chi connectivity index (χ2v) is 8.78. The summed E-state index contributed by atoms with van der Waals surface area (Å²) in [4.78, 5) is 31.9. The fraction of sp³-hybridized carbons (Fsp3) is 0.500. The Balaban J connectivity index is 1.74. The molecule has 0 spiro atoms. The highest BCUT2D eigenvalue weighted by atomic mass is 19.4. The summed E-state index contributed by atoms with van der Waals surface area (Å²) in [5.41, 5.74) is 5.22. The molecule has 1 atom stereocenters. The maximum absolute atomic E-state index is 13.9. The van der Waals surface area contributed by atoms with E-state index in [0.29, 0.717) is 18.7 Å². The van der Waals surface area contributed by atoms with Crippen LogP contribution in [-0.2, 0) is 30.5 Å². The molecular formula is C22H26F6N6O2. The monoisotopic (exact) mass is 520 g/mol. The van der Waals surface area contributed by atoms with Gasteiger partial charge in [-0.05, 0) is 32.1 Å². The second kappa shape index (κ2) is 10.9. The van der Waals surface area contributed by atoms with E-state index >= 15 is 0 Å². The highest BCUT2D eigenvalue weighted by Crippen LogP contribution is 2.32. The molecule has 3 N–H and O–H groups in total. The summed E-state index contributed by atoms with van der Waals surface area (Å²) < 4.78 is 81.9. The topological polar surface area (TPSA) is 96.5 Å². The van der Waals surface area contributed by atoms with E-state index < -0.39 is 53.0 Å². The van der Waals surface area contributed by atoms with Crippen molar-refractivity contribution < 1.29 is 35.9 Å². The first-order chi connectivity index (χ1) is 16.8. The van der Waals surface area contributed by atoms with E-state index in [4.69, 9.17) is 5.73 Å². The number of fused-ring (bicyclic) bond motifs is 1. The van der Waals surface area contributed by atoms with Crippen LogP contribution in [0.25, 0.3) is 0 Å². The average molecular weight is 520 g/mol. The maximum Gasteiger partial charge on any atom is 0.449 e. The molecule has 2 amide bonds. The lowest BCUT2D eigenvalue weighted by Gasteiger charge is -2.30. The summed E-state index contributed by atoms with van der Waals surface area (Å²) in [6.45, 7) is -0.0305. The van der Waals surface area contributed by atoms with E-state index in [1.165, 1.54) is 4.90 Å². The number of benzene rings is 1. The number of nitrogens with zero attached hydrogens (tertiary/aromatic N) is 4. The Labute approximate surface area is 203 Å². The molecule has 0 unspecified atom stereocenters. The minimum atomic E-state index is -4.81. The van der Waals surface area contributed by atoms with Gasteiger partial charge in [0.15, 0.2) is 17.3 Å². The Bertz CT molecular complexity index is 1130. The molecule has 1 aromatic heterocycles. The van der Waals surface area contributed by atoms with Crippen molar-refractivity contribution in [2.24, 2.45) is 5.73 Å². The third kappa shape index (κ3) is 6.35. The zero-order valence-electron chi connectivity index (χ0n) is 19.6. The number of nitrogens with one attached hydrogen (secondary N) is 1. The molecule has 8 nitrogen and oxygen atoms in total.